The van der Waals surface area contributed by atoms with Crippen LogP contribution in [0, 0.1) is 5.82 Å². The van der Waals surface area contributed by atoms with Gasteiger partial charge in [-0.25, -0.2) is 14.2 Å². The summed E-state index contributed by atoms with van der Waals surface area (Å²) in [6, 6.07) is 21.6. The number of benzene rings is 2. The van der Waals surface area contributed by atoms with Crippen molar-refractivity contribution >= 4 is 5.97 Å². The van der Waals surface area contributed by atoms with Crippen molar-refractivity contribution in [2.75, 3.05) is 13.1 Å². The van der Waals surface area contributed by atoms with Crippen LogP contribution in [-0.2, 0) is 11.3 Å². The Balaban J connectivity index is 1.41. The highest BCUT2D eigenvalue weighted by atomic mass is 19.1. The van der Waals surface area contributed by atoms with Crippen molar-refractivity contribution in [1.29, 1.82) is 0 Å². The molecule has 0 aliphatic carbocycles. The molecule has 1 aromatic heterocycles. The normalized spacial score (nSPS) is 16.2. The van der Waals surface area contributed by atoms with Gasteiger partial charge < -0.3 is 9.84 Å². The average molecular weight is 420 g/mol. The molecule has 3 aromatic rings. The van der Waals surface area contributed by atoms with E-state index in [1.54, 1.807) is 18.2 Å². The monoisotopic (exact) mass is 420 g/mol. The van der Waals surface area contributed by atoms with Crippen LogP contribution in [0.25, 0.3) is 0 Å². The average Bonchev–Trinajstić information content (AvgIpc) is 2.80. The zero-order valence-electron chi connectivity index (χ0n) is 17.2. The molecule has 1 atom stereocenters. The molecule has 1 fully saturated rings. The minimum atomic E-state index is -1.02. The van der Waals surface area contributed by atoms with Crippen molar-refractivity contribution in [2.24, 2.45) is 0 Å². The van der Waals surface area contributed by atoms with Crippen molar-refractivity contribution in [3.05, 3.63) is 101 Å². The van der Waals surface area contributed by atoms with E-state index < -0.39 is 12.1 Å². The van der Waals surface area contributed by atoms with Crippen molar-refractivity contribution in [3.8, 4) is 0 Å². The van der Waals surface area contributed by atoms with Gasteiger partial charge in [-0.15, -0.1) is 0 Å². The summed E-state index contributed by atoms with van der Waals surface area (Å²) in [6.07, 6.45) is 1.19. The second-order valence-corrected chi connectivity index (χ2v) is 7.74. The minimum Gasteiger partial charge on any atom is -0.477 e. The molecular weight excluding hydrogens is 395 g/mol. The zero-order valence-corrected chi connectivity index (χ0v) is 17.2. The lowest BCUT2D eigenvalue weighted by Gasteiger charge is -2.34. The van der Waals surface area contributed by atoms with Crippen molar-refractivity contribution in [3.63, 3.8) is 0 Å². The van der Waals surface area contributed by atoms with Gasteiger partial charge in [0.15, 0.2) is 0 Å². The van der Waals surface area contributed by atoms with Crippen LogP contribution in [0.3, 0.4) is 0 Å². The van der Waals surface area contributed by atoms with E-state index in [1.165, 1.54) is 12.1 Å². The van der Waals surface area contributed by atoms with Gasteiger partial charge in [-0.3, -0.25) is 4.90 Å². The first-order chi connectivity index (χ1) is 15.1. The number of pyridine rings is 1. The number of ether oxygens (including phenoxy) is 1. The fraction of sp³-hybridized carbons (Fsp3) is 0.280. The van der Waals surface area contributed by atoms with Crippen LogP contribution >= 0.6 is 0 Å². The van der Waals surface area contributed by atoms with E-state index in [1.807, 2.05) is 42.5 Å². The lowest BCUT2D eigenvalue weighted by atomic mass is 9.99. The van der Waals surface area contributed by atoms with Crippen molar-refractivity contribution in [1.82, 2.24) is 9.88 Å². The highest BCUT2D eigenvalue weighted by molar-refractivity contribution is 5.85. The number of aromatic carboxylic acids is 1. The zero-order chi connectivity index (χ0) is 21.6. The third kappa shape index (κ3) is 5.34. The van der Waals surface area contributed by atoms with Gasteiger partial charge in [0, 0.05) is 25.2 Å². The lowest BCUT2D eigenvalue weighted by Crippen LogP contribution is -2.37. The maximum absolute atomic E-state index is 14.5. The van der Waals surface area contributed by atoms with Crippen LogP contribution in [0.1, 0.15) is 46.3 Å². The predicted molar refractivity (Wildman–Crippen MR) is 115 cm³/mol. The first kappa shape index (κ1) is 21.2. The number of nitrogens with zero attached hydrogens (tertiary/aromatic N) is 2. The number of likely N-dealkylation sites (tertiary alicyclic amines) is 1. The van der Waals surface area contributed by atoms with E-state index in [0.29, 0.717) is 12.1 Å². The van der Waals surface area contributed by atoms with Gasteiger partial charge in [0.25, 0.3) is 0 Å². The number of rotatable bonds is 7. The molecule has 1 N–H and O–H groups in total. The molecule has 1 unspecified atom stereocenters. The quantitative estimate of drug-likeness (QED) is 0.601. The minimum absolute atomic E-state index is 0.0133. The van der Waals surface area contributed by atoms with Gasteiger partial charge in [-0.1, -0.05) is 54.6 Å². The Labute approximate surface area is 181 Å². The highest BCUT2D eigenvalue weighted by Crippen LogP contribution is 2.31. The molecule has 31 heavy (non-hydrogen) atoms. The Bertz CT molecular complexity index is 1020. The first-order valence-corrected chi connectivity index (χ1v) is 10.5. The van der Waals surface area contributed by atoms with Crippen LogP contribution in [0.5, 0.6) is 0 Å². The fourth-order valence-electron chi connectivity index (χ4n) is 3.96. The maximum Gasteiger partial charge on any atom is 0.354 e. The third-order valence-corrected chi connectivity index (χ3v) is 5.56. The van der Waals surface area contributed by atoms with Crippen LogP contribution in [0.4, 0.5) is 4.39 Å². The summed E-state index contributed by atoms with van der Waals surface area (Å²) in [5.41, 5.74) is 2.29. The number of carboxylic acids is 1. The van der Waals surface area contributed by atoms with E-state index in [4.69, 9.17) is 9.84 Å². The number of aromatic nitrogens is 1. The van der Waals surface area contributed by atoms with Gasteiger partial charge in [0.2, 0.25) is 0 Å². The van der Waals surface area contributed by atoms with Crippen LogP contribution < -0.4 is 0 Å². The molecule has 0 spiro atoms. The van der Waals surface area contributed by atoms with Crippen LogP contribution in [0.15, 0.2) is 72.8 Å². The summed E-state index contributed by atoms with van der Waals surface area (Å²) in [5, 5.41) is 9.12. The molecule has 160 valence electrons. The van der Waals surface area contributed by atoms with Crippen LogP contribution in [0.2, 0.25) is 0 Å². The summed E-state index contributed by atoms with van der Waals surface area (Å²) in [5.74, 6) is -1.28. The molecule has 2 heterocycles. The third-order valence-electron chi connectivity index (χ3n) is 5.56. The summed E-state index contributed by atoms with van der Waals surface area (Å²) < 4.78 is 21.0. The van der Waals surface area contributed by atoms with E-state index in [9.17, 15) is 9.18 Å². The number of hydrogen-bond donors (Lipinski definition) is 1. The molecule has 0 amide bonds. The Morgan fingerprint density at radius 3 is 2.45 bits per heavy atom. The molecule has 5 nitrogen and oxygen atoms in total. The van der Waals surface area contributed by atoms with Gasteiger partial charge in [-0.2, -0.15) is 0 Å². The predicted octanol–water partition coefficient (Wildman–Crippen LogP) is 4.69. The summed E-state index contributed by atoms with van der Waals surface area (Å²) in [6.45, 7) is 2.22. The maximum atomic E-state index is 14.5. The Kier molecular flexibility index (Phi) is 6.70. The Morgan fingerprint density at radius 1 is 1.03 bits per heavy atom. The second kappa shape index (κ2) is 9.81. The van der Waals surface area contributed by atoms with E-state index in [-0.39, 0.29) is 17.6 Å². The molecular formula is C25H25FN2O3. The van der Waals surface area contributed by atoms with E-state index in [2.05, 4.69) is 9.88 Å². The summed E-state index contributed by atoms with van der Waals surface area (Å²) in [4.78, 5) is 17.6. The lowest BCUT2D eigenvalue weighted by molar-refractivity contribution is -0.0294. The number of halogens is 1. The SMILES string of the molecule is O=C(O)c1cccc(CN2CCC(OC(c3ccccc3)c3ccccc3F)CC2)n1. The topological polar surface area (TPSA) is 62.7 Å². The van der Waals surface area contributed by atoms with Crippen LogP contribution in [-0.4, -0.2) is 40.2 Å². The molecule has 1 aliphatic heterocycles. The van der Waals surface area contributed by atoms with E-state index >= 15 is 0 Å². The molecule has 0 bridgehead atoms. The number of carbonyl (C=O) groups is 1. The van der Waals surface area contributed by atoms with Gasteiger partial charge >= 0.3 is 5.97 Å². The van der Waals surface area contributed by atoms with Gasteiger partial charge in [0.05, 0.1) is 11.8 Å². The Morgan fingerprint density at radius 2 is 1.74 bits per heavy atom. The molecule has 6 heteroatoms. The molecule has 1 aliphatic rings. The Hall–Kier alpha value is -3.09. The number of hydrogen-bond acceptors (Lipinski definition) is 4. The summed E-state index contributed by atoms with van der Waals surface area (Å²) >= 11 is 0. The molecule has 1 saturated heterocycles. The molecule has 4 rings (SSSR count). The smallest absolute Gasteiger partial charge is 0.354 e. The molecule has 0 saturated carbocycles. The molecule has 2 aromatic carbocycles. The van der Waals surface area contributed by atoms with Gasteiger partial charge in [-0.05, 0) is 36.6 Å². The standard InChI is InChI=1S/C25H25FN2O3/c26-22-11-5-4-10-21(22)24(18-7-2-1-3-8-18)31-20-13-15-28(16-14-20)17-19-9-6-12-23(27-19)25(29)30/h1-12,20,24H,13-17H2,(H,29,30). The van der Waals surface area contributed by atoms with Crippen molar-refractivity contribution in [2.45, 2.75) is 31.6 Å². The van der Waals surface area contributed by atoms with Gasteiger partial charge in [0.1, 0.15) is 17.6 Å². The fourth-order valence-corrected chi connectivity index (χ4v) is 3.96. The first-order valence-electron chi connectivity index (χ1n) is 10.5. The highest BCUT2D eigenvalue weighted by Gasteiger charge is 2.26. The van der Waals surface area contributed by atoms with Crippen molar-refractivity contribution < 1.29 is 19.0 Å². The van der Waals surface area contributed by atoms with E-state index in [0.717, 1.165) is 37.2 Å². The molecule has 0 radical (unpaired) electrons. The second-order valence-electron chi connectivity index (χ2n) is 7.74. The number of carboxylic acid groups (broad SMARTS) is 1. The number of piperidine rings is 1. The summed E-state index contributed by atoms with van der Waals surface area (Å²) in [7, 11) is 0. The largest absolute Gasteiger partial charge is 0.477 e.